The van der Waals surface area contributed by atoms with Crippen molar-refractivity contribution in [2.75, 3.05) is 12.4 Å². The summed E-state index contributed by atoms with van der Waals surface area (Å²) in [6, 6.07) is 6.87. The predicted molar refractivity (Wildman–Crippen MR) is 97.0 cm³/mol. The van der Waals surface area contributed by atoms with Gasteiger partial charge in [-0.3, -0.25) is 10.1 Å². The van der Waals surface area contributed by atoms with Crippen LogP contribution in [0.4, 0.5) is 18.3 Å². The highest BCUT2D eigenvalue weighted by Crippen LogP contribution is 2.33. The highest BCUT2D eigenvalue weighted by Gasteiger charge is 2.31. The molecule has 0 saturated heterocycles. The molecule has 142 valence electrons. The number of amides is 1. The van der Waals surface area contributed by atoms with E-state index in [1.807, 2.05) is 0 Å². The normalized spacial score (nSPS) is 11.5. The van der Waals surface area contributed by atoms with Gasteiger partial charge in [-0.1, -0.05) is 22.9 Å². The number of aryl methyl sites for hydroxylation is 1. The van der Waals surface area contributed by atoms with Crippen molar-refractivity contribution in [2.45, 2.75) is 13.3 Å². The molecule has 1 aromatic heterocycles. The summed E-state index contributed by atoms with van der Waals surface area (Å²) in [5.74, 6) is -0.481. The van der Waals surface area contributed by atoms with Gasteiger partial charge in [0.25, 0.3) is 5.91 Å². The standard InChI is InChI=1S/C17H12ClF3N2O3S/c1-8-5-9(18)6-11(14(8)25-2)15(24)23-16-22-12-4-3-10(7-13(12)27-16)26-17(19,20)21/h3-7H,1-2H3,(H,22,23,24). The Kier molecular flexibility index (Phi) is 5.16. The molecule has 0 saturated carbocycles. The minimum Gasteiger partial charge on any atom is -0.496 e. The fraction of sp³-hybridized carbons (Fsp3) is 0.176. The molecule has 3 aromatic rings. The first-order chi connectivity index (χ1) is 12.7. The molecular weight excluding hydrogens is 405 g/mol. The molecule has 0 atom stereocenters. The van der Waals surface area contributed by atoms with E-state index in [1.165, 1.54) is 25.3 Å². The number of methoxy groups -OCH3 is 1. The molecule has 0 aliphatic rings. The van der Waals surface area contributed by atoms with E-state index in [4.69, 9.17) is 16.3 Å². The zero-order valence-corrected chi connectivity index (χ0v) is 15.6. The molecule has 0 bridgehead atoms. The number of anilines is 1. The predicted octanol–water partition coefficient (Wildman–Crippen LogP) is 5.42. The topological polar surface area (TPSA) is 60.5 Å². The molecule has 1 heterocycles. The van der Waals surface area contributed by atoms with E-state index in [0.717, 1.165) is 17.4 Å². The van der Waals surface area contributed by atoms with Crippen LogP contribution in [0.5, 0.6) is 11.5 Å². The van der Waals surface area contributed by atoms with E-state index in [1.54, 1.807) is 13.0 Å². The number of carbonyl (C=O) groups is 1. The SMILES string of the molecule is COc1c(C)cc(Cl)cc1C(=O)Nc1nc2ccc(OC(F)(F)F)cc2s1. The molecule has 1 amide bonds. The summed E-state index contributed by atoms with van der Waals surface area (Å²) in [4.78, 5) is 16.8. The number of fused-ring (bicyclic) bond motifs is 1. The van der Waals surface area contributed by atoms with Gasteiger partial charge in [-0.2, -0.15) is 0 Å². The summed E-state index contributed by atoms with van der Waals surface area (Å²) >= 11 is 7.02. The molecule has 5 nitrogen and oxygen atoms in total. The third-order valence-corrected chi connectivity index (χ3v) is 4.65. The van der Waals surface area contributed by atoms with E-state index < -0.39 is 12.3 Å². The Labute approximate surface area is 160 Å². The van der Waals surface area contributed by atoms with Crippen molar-refractivity contribution >= 4 is 44.2 Å². The van der Waals surface area contributed by atoms with E-state index >= 15 is 0 Å². The van der Waals surface area contributed by atoms with Gasteiger partial charge in [-0.05, 0) is 36.8 Å². The maximum absolute atomic E-state index is 12.6. The highest BCUT2D eigenvalue weighted by atomic mass is 35.5. The van der Waals surface area contributed by atoms with Gasteiger partial charge in [0, 0.05) is 11.1 Å². The van der Waals surface area contributed by atoms with Gasteiger partial charge >= 0.3 is 6.36 Å². The summed E-state index contributed by atoms with van der Waals surface area (Å²) in [6.07, 6.45) is -4.78. The molecule has 27 heavy (non-hydrogen) atoms. The number of nitrogens with zero attached hydrogens (tertiary/aromatic N) is 1. The first-order valence-electron chi connectivity index (χ1n) is 7.48. The summed E-state index contributed by atoms with van der Waals surface area (Å²) in [7, 11) is 1.44. The lowest BCUT2D eigenvalue weighted by Crippen LogP contribution is -2.16. The lowest BCUT2D eigenvalue weighted by atomic mass is 10.1. The minimum atomic E-state index is -4.78. The van der Waals surface area contributed by atoms with Crippen LogP contribution in [0.15, 0.2) is 30.3 Å². The van der Waals surface area contributed by atoms with Gasteiger partial charge in [-0.15, -0.1) is 13.2 Å². The second kappa shape index (κ2) is 7.24. The Morgan fingerprint density at radius 1 is 1.26 bits per heavy atom. The van der Waals surface area contributed by atoms with Crippen LogP contribution in [0.3, 0.4) is 0 Å². The fourth-order valence-electron chi connectivity index (χ4n) is 2.49. The number of thiazole rings is 1. The van der Waals surface area contributed by atoms with Gasteiger partial charge in [0.05, 0.1) is 22.9 Å². The van der Waals surface area contributed by atoms with E-state index in [2.05, 4.69) is 15.0 Å². The Hall–Kier alpha value is -2.52. The molecule has 0 unspecified atom stereocenters. The van der Waals surface area contributed by atoms with Crippen molar-refractivity contribution in [2.24, 2.45) is 0 Å². The minimum absolute atomic E-state index is 0.221. The first-order valence-corrected chi connectivity index (χ1v) is 8.67. The largest absolute Gasteiger partial charge is 0.573 e. The monoisotopic (exact) mass is 416 g/mol. The maximum Gasteiger partial charge on any atom is 0.573 e. The number of nitrogens with one attached hydrogen (secondary N) is 1. The third kappa shape index (κ3) is 4.42. The molecule has 0 fully saturated rings. The molecule has 1 N–H and O–H groups in total. The van der Waals surface area contributed by atoms with Crippen molar-refractivity contribution < 1.29 is 27.4 Å². The van der Waals surface area contributed by atoms with E-state index in [-0.39, 0.29) is 16.4 Å². The number of rotatable bonds is 4. The van der Waals surface area contributed by atoms with Crippen LogP contribution in [0.2, 0.25) is 5.02 Å². The van der Waals surface area contributed by atoms with E-state index in [9.17, 15) is 18.0 Å². The quantitative estimate of drug-likeness (QED) is 0.617. The average Bonchev–Trinajstić information content (AvgIpc) is 2.94. The van der Waals surface area contributed by atoms with Gasteiger partial charge in [0.15, 0.2) is 5.13 Å². The number of alkyl halides is 3. The second-order valence-corrected chi connectivity index (χ2v) is 6.92. The molecule has 0 spiro atoms. The van der Waals surface area contributed by atoms with Crippen molar-refractivity contribution in [1.82, 2.24) is 4.98 Å². The Morgan fingerprint density at radius 3 is 2.67 bits per heavy atom. The summed E-state index contributed by atoms with van der Waals surface area (Å²) < 4.78 is 46.6. The van der Waals surface area contributed by atoms with Gasteiger partial charge < -0.3 is 9.47 Å². The van der Waals surface area contributed by atoms with Gasteiger partial charge in [0.2, 0.25) is 0 Å². The molecule has 0 aliphatic heterocycles. The molecular formula is C17H12ClF3N2O3S. The smallest absolute Gasteiger partial charge is 0.496 e. The number of aromatic nitrogens is 1. The zero-order valence-electron chi connectivity index (χ0n) is 14.0. The van der Waals surface area contributed by atoms with Gasteiger partial charge in [0.1, 0.15) is 11.5 Å². The van der Waals surface area contributed by atoms with Crippen molar-refractivity contribution in [1.29, 1.82) is 0 Å². The van der Waals surface area contributed by atoms with Crippen molar-refractivity contribution in [3.63, 3.8) is 0 Å². The average molecular weight is 417 g/mol. The zero-order chi connectivity index (χ0) is 19.8. The number of hydrogen-bond donors (Lipinski definition) is 1. The Balaban J connectivity index is 1.88. The molecule has 3 rings (SSSR count). The summed E-state index contributed by atoms with van der Waals surface area (Å²) in [5.41, 5.74) is 1.34. The highest BCUT2D eigenvalue weighted by molar-refractivity contribution is 7.22. The van der Waals surface area contributed by atoms with Crippen molar-refractivity contribution in [3.05, 3.63) is 46.5 Å². The van der Waals surface area contributed by atoms with Crippen LogP contribution < -0.4 is 14.8 Å². The summed E-state index contributed by atoms with van der Waals surface area (Å²) in [6.45, 7) is 1.75. The van der Waals surface area contributed by atoms with Crippen LogP contribution in [0.25, 0.3) is 10.2 Å². The third-order valence-electron chi connectivity index (χ3n) is 3.50. The number of carbonyl (C=O) groups excluding carboxylic acids is 1. The van der Waals surface area contributed by atoms with Crippen LogP contribution in [-0.2, 0) is 0 Å². The fourth-order valence-corrected chi connectivity index (χ4v) is 3.65. The van der Waals surface area contributed by atoms with Crippen LogP contribution in [0, 0.1) is 6.92 Å². The van der Waals surface area contributed by atoms with Crippen LogP contribution >= 0.6 is 22.9 Å². The molecule has 2 aromatic carbocycles. The van der Waals surface area contributed by atoms with Crippen LogP contribution in [-0.4, -0.2) is 24.4 Å². The lowest BCUT2D eigenvalue weighted by molar-refractivity contribution is -0.274. The van der Waals surface area contributed by atoms with Crippen molar-refractivity contribution in [3.8, 4) is 11.5 Å². The number of ether oxygens (including phenoxy) is 2. The lowest BCUT2D eigenvalue weighted by Gasteiger charge is -2.11. The molecule has 0 aliphatic carbocycles. The number of hydrogen-bond acceptors (Lipinski definition) is 5. The molecule has 0 radical (unpaired) electrons. The number of halogens is 4. The number of benzene rings is 2. The first kappa shape index (κ1) is 19.2. The summed E-state index contributed by atoms with van der Waals surface area (Å²) in [5, 5.41) is 3.20. The van der Waals surface area contributed by atoms with Crippen LogP contribution in [0.1, 0.15) is 15.9 Å². The Morgan fingerprint density at radius 2 is 2.00 bits per heavy atom. The maximum atomic E-state index is 12.6. The Bertz CT molecular complexity index is 1020. The van der Waals surface area contributed by atoms with Gasteiger partial charge in [-0.25, -0.2) is 4.98 Å². The molecule has 10 heteroatoms. The van der Waals surface area contributed by atoms with E-state index in [0.29, 0.717) is 26.6 Å². The second-order valence-electron chi connectivity index (χ2n) is 5.45.